The van der Waals surface area contributed by atoms with Gasteiger partial charge < -0.3 is 0 Å². The van der Waals surface area contributed by atoms with Gasteiger partial charge in [0.05, 0.1) is 0 Å². The van der Waals surface area contributed by atoms with Crippen LogP contribution in [0.3, 0.4) is 0 Å². The molecule has 0 nitrogen and oxygen atoms in total. The summed E-state index contributed by atoms with van der Waals surface area (Å²) >= 11 is 0. The van der Waals surface area contributed by atoms with Crippen LogP contribution in [0.15, 0.2) is 12.2 Å². The fourth-order valence-electron chi connectivity index (χ4n) is 4.17. The van der Waals surface area contributed by atoms with E-state index in [9.17, 15) is 0 Å². The van der Waals surface area contributed by atoms with Crippen molar-refractivity contribution in [2.75, 3.05) is 0 Å². The van der Waals surface area contributed by atoms with E-state index in [0.29, 0.717) is 0 Å². The van der Waals surface area contributed by atoms with Crippen molar-refractivity contribution in [3.63, 3.8) is 0 Å². The van der Waals surface area contributed by atoms with E-state index in [1.165, 1.54) is 135 Å². The molecule has 0 aliphatic heterocycles. The molecule has 0 aliphatic carbocycles. The van der Waals surface area contributed by atoms with Crippen molar-refractivity contribution in [2.45, 2.75) is 155 Å². The van der Waals surface area contributed by atoms with Gasteiger partial charge in [-0.2, -0.15) is 0 Å². The van der Waals surface area contributed by atoms with Crippen LogP contribution in [0, 0.1) is 19.8 Å². The highest BCUT2D eigenvalue weighted by Crippen LogP contribution is 2.17. The van der Waals surface area contributed by atoms with Gasteiger partial charge in [0, 0.05) is 0 Å². The van der Waals surface area contributed by atoms with Crippen LogP contribution >= 0.6 is 0 Å². The molecule has 0 heteroatoms. The van der Waals surface area contributed by atoms with Crippen LogP contribution in [0.2, 0.25) is 0 Å². The fourth-order valence-corrected chi connectivity index (χ4v) is 4.17. The lowest BCUT2D eigenvalue weighted by Gasteiger charge is -2.09. The van der Waals surface area contributed by atoms with Crippen LogP contribution in [0.4, 0.5) is 0 Å². The Balaban J connectivity index is 3.21. The van der Waals surface area contributed by atoms with Gasteiger partial charge in [-0.05, 0) is 31.6 Å². The summed E-state index contributed by atoms with van der Waals surface area (Å²) < 4.78 is 0. The van der Waals surface area contributed by atoms with Crippen LogP contribution < -0.4 is 0 Å². The molecule has 29 heavy (non-hydrogen) atoms. The highest BCUT2D eigenvalue weighted by molar-refractivity contribution is 4.82. The molecule has 0 fully saturated rings. The second-order valence-corrected chi connectivity index (χ2v) is 9.45. The maximum atomic E-state index is 3.92. The van der Waals surface area contributed by atoms with Crippen molar-refractivity contribution in [1.29, 1.82) is 0 Å². The first-order valence-electron chi connectivity index (χ1n) is 13.5. The Hall–Kier alpha value is -0.260. The van der Waals surface area contributed by atoms with Gasteiger partial charge in [-0.25, -0.2) is 0 Å². The number of rotatable bonds is 24. The first kappa shape index (κ1) is 28.7. The summed E-state index contributed by atoms with van der Waals surface area (Å²) in [5, 5.41) is 0. The Labute approximate surface area is 186 Å². The first-order valence-corrected chi connectivity index (χ1v) is 13.5. The molecule has 2 radical (unpaired) electrons. The molecule has 0 aliphatic rings. The molecule has 1 atom stereocenters. The fraction of sp³-hybridized carbons (Fsp3) is 0.862. The lowest BCUT2D eigenvalue weighted by molar-refractivity contribution is 0.457. The second-order valence-electron chi connectivity index (χ2n) is 9.45. The summed E-state index contributed by atoms with van der Waals surface area (Å²) in [5.41, 5.74) is 0. The molecule has 0 aromatic rings. The summed E-state index contributed by atoms with van der Waals surface area (Å²) in [6.07, 6.45) is 36.6. The van der Waals surface area contributed by atoms with E-state index in [-0.39, 0.29) is 0 Å². The van der Waals surface area contributed by atoms with Gasteiger partial charge in [0.1, 0.15) is 0 Å². The Morgan fingerprint density at radius 2 is 0.828 bits per heavy atom. The zero-order chi connectivity index (χ0) is 21.3. The SMILES string of the molecule is [CH2]CCCCCCCCCCC=CCCC(C)CCCCCCCCCCC[CH2]. The normalized spacial score (nSPS) is 12.8. The number of allylic oxidation sites excluding steroid dienone is 2. The highest BCUT2D eigenvalue weighted by Gasteiger charge is 2.01. The summed E-state index contributed by atoms with van der Waals surface area (Å²) in [6.45, 7) is 10.3. The Morgan fingerprint density at radius 3 is 1.31 bits per heavy atom. The monoisotopic (exact) mass is 404 g/mol. The molecular formula is C29H56. The molecule has 0 saturated carbocycles. The molecule has 0 bridgehead atoms. The third-order valence-corrected chi connectivity index (χ3v) is 6.31. The molecule has 0 heterocycles. The van der Waals surface area contributed by atoms with Crippen LogP contribution in [-0.4, -0.2) is 0 Å². The molecular weight excluding hydrogens is 348 g/mol. The van der Waals surface area contributed by atoms with Gasteiger partial charge in [-0.3, -0.25) is 0 Å². The summed E-state index contributed by atoms with van der Waals surface area (Å²) in [6, 6.07) is 0. The van der Waals surface area contributed by atoms with Crippen molar-refractivity contribution in [2.24, 2.45) is 5.92 Å². The average Bonchev–Trinajstić information content (AvgIpc) is 2.72. The topological polar surface area (TPSA) is 0 Å². The predicted octanol–water partition coefficient (Wildman–Crippen LogP) is 10.8. The van der Waals surface area contributed by atoms with Crippen LogP contribution in [0.5, 0.6) is 0 Å². The molecule has 0 rings (SSSR count). The van der Waals surface area contributed by atoms with Gasteiger partial charge in [0.2, 0.25) is 0 Å². The molecule has 172 valence electrons. The van der Waals surface area contributed by atoms with Crippen molar-refractivity contribution in [3.8, 4) is 0 Å². The Kier molecular flexibility index (Phi) is 25.5. The highest BCUT2D eigenvalue weighted by atomic mass is 14.1. The van der Waals surface area contributed by atoms with Gasteiger partial charge in [0.25, 0.3) is 0 Å². The van der Waals surface area contributed by atoms with E-state index >= 15 is 0 Å². The number of unbranched alkanes of at least 4 members (excludes halogenated alkanes) is 18. The average molecular weight is 405 g/mol. The Morgan fingerprint density at radius 1 is 0.448 bits per heavy atom. The van der Waals surface area contributed by atoms with Gasteiger partial charge in [-0.15, -0.1) is 0 Å². The van der Waals surface area contributed by atoms with E-state index in [1.807, 2.05) is 0 Å². The Bertz CT molecular complexity index is 303. The molecule has 0 N–H and O–H groups in total. The lowest BCUT2D eigenvalue weighted by atomic mass is 9.97. The second kappa shape index (κ2) is 25.8. The number of hydrogen-bond donors (Lipinski definition) is 0. The summed E-state index contributed by atoms with van der Waals surface area (Å²) in [7, 11) is 0. The maximum Gasteiger partial charge on any atom is -0.0348 e. The quantitative estimate of drug-likeness (QED) is 0.111. The molecule has 0 spiro atoms. The largest absolute Gasteiger partial charge is 0.0885 e. The summed E-state index contributed by atoms with van der Waals surface area (Å²) in [5.74, 6) is 0.908. The third kappa shape index (κ3) is 25.7. The zero-order valence-electron chi connectivity index (χ0n) is 20.4. The van der Waals surface area contributed by atoms with Crippen molar-refractivity contribution >= 4 is 0 Å². The summed E-state index contributed by atoms with van der Waals surface area (Å²) in [4.78, 5) is 0. The van der Waals surface area contributed by atoms with Crippen molar-refractivity contribution < 1.29 is 0 Å². The molecule has 0 aromatic carbocycles. The van der Waals surface area contributed by atoms with E-state index < -0.39 is 0 Å². The van der Waals surface area contributed by atoms with E-state index in [0.717, 1.165) is 18.8 Å². The van der Waals surface area contributed by atoms with Gasteiger partial charge >= 0.3 is 0 Å². The van der Waals surface area contributed by atoms with Gasteiger partial charge in [0.15, 0.2) is 0 Å². The van der Waals surface area contributed by atoms with Crippen LogP contribution in [-0.2, 0) is 0 Å². The van der Waals surface area contributed by atoms with Crippen molar-refractivity contribution in [1.82, 2.24) is 0 Å². The van der Waals surface area contributed by atoms with Crippen LogP contribution in [0.1, 0.15) is 155 Å². The molecule has 1 unspecified atom stereocenters. The molecule has 0 amide bonds. The minimum absolute atomic E-state index is 0.908. The third-order valence-electron chi connectivity index (χ3n) is 6.31. The minimum atomic E-state index is 0.908. The minimum Gasteiger partial charge on any atom is -0.0885 e. The van der Waals surface area contributed by atoms with Crippen LogP contribution in [0.25, 0.3) is 0 Å². The van der Waals surface area contributed by atoms with Crippen molar-refractivity contribution in [3.05, 3.63) is 26.0 Å². The van der Waals surface area contributed by atoms with E-state index in [2.05, 4.69) is 32.9 Å². The maximum absolute atomic E-state index is 3.92. The van der Waals surface area contributed by atoms with E-state index in [4.69, 9.17) is 0 Å². The molecule has 0 saturated heterocycles. The zero-order valence-corrected chi connectivity index (χ0v) is 20.4. The molecule has 0 aromatic heterocycles. The predicted molar refractivity (Wildman–Crippen MR) is 135 cm³/mol. The van der Waals surface area contributed by atoms with E-state index in [1.54, 1.807) is 0 Å². The first-order chi connectivity index (χ1) is 14.3. The lowest BCUT2D eigenvalue weighted by Crippen LogP contribution is -1.94. The smallest absolute Gasteiger partial charge is 0.0348 e. The van der Waals surface area contributed by atoms with Gasteiger partial charge in [-0.1, -0.05) is 155 Å². The standard InChI is InChI=1S/C29H56/c1-4-6-8-10-12-14-16-17-18-20-22-24-26-28-29(3)27-25-23-21-19-15-13-11-9-7-5-2/h22,24,29H,1-2,4-21,23,25-28H2,3H3. The number of hydrogen-bond acceptors (Lipinski definition) is 0.